The second-order valence-corrected chi connectivity index (χ2v) is 4.70. The number of likely N-dealkylation sites (N-methyl/N-ethyl adjacent to an activating group) is 1. The molecular formula is C12H15ClN4O2S. The smallest absolute Gasteiger partial charge is 0.240 e. The summed E-state index contributed by atoms with van der Waals surface area (Å²) in [4.78, 5) is 11.4. The van der Waals surface area contributed by atoms with Gasteiger partial charge in [-0.2, -0.15) is 0 Å². The van der Waals surface area contributed by atoms with E-state index in [0.717, 1.165) is 16.3 Å². The molecule has 0 saturated heterocycles. The molecule has 20 heavy (non-hydrogen) atoms. The van der Waals surface area contributed by atoms with Gasteiger partial charge in [-0.1, -0.05) is 11.3 Å². The second kappa shape index (κ2) is 7.78. The number of methoxy groups -OCH3 is 1. The molecule has 0 spiro atoms. The highest BCUT2D eigenvalue weighted by molar-refractivity contribution is 7.18. The zero-order valence-electron chi connectivity index (χ0n) is 11.0. The third-order valence-corrected chi connectivity index (χ3v) is 3.23. The lowest BCUT2D eigenvalue weighted by Gasteiger charge is -2.00. The van der Waals surface area contributed by atoms with E-state index in [2.05, 4.69) is 20.8 Å². The normalized spacial score (nSPS) is 9.70. The Morgan fingerprint density at radius 2 is 2.00 bits per heavy atom. The number of halogens is 1. The molecule has 108 valence electrons. The van der Waals surface area contributed by atoms with Gasteiger partial charge in [-0.25, -0.2) is 0 Å². The van der Waals surface area contributed by atoms with E-state index in [9.17, 15) is 4.79 Å². The van der Waals surface area contributed by atoms with E-state index in [0.29, 0.717) is 5.13 Å². The summed E-state index contributed by atoms with van der Waals surface area (Å²) >= 11 is 1.33. The van der Waals surface area contributed by atoms with Crippen LogP contribution >= 0.6 is 23.7 Å². The number of rotatable bonds is 5. The van der Waals surface area contributed by atoms with Crippen molar-refractivity contribution in [3.05, 3.63) is 24.3 Å². The third-order valence-electron chi connectivity index (χ3n) is 2.35. The summed E-state index contributed by atoms with van der Waals surface area (Å²) in [6.45, 7) is 0.247. The molecule has 1 aromatic heterocycles. The Kier molecular flexibility index (Phi) is 6.37. The lowest BCUT2D eigenvalue weighted by molar-refractivity contribution is -0.115. The first-order valence-corrected chi connectivity index (χ1v) is 6.47. The highest BCUT2D eigenvalue weighted by atomic mass is 35.5. The summed E-state index contributed by atoms with van der Waals surface area (Å²) in [7, 11) is 3.33. The summed E-state index contributed by atoms with van der Waals surface area (Å²) in [5, 5.41) is 14.7. The van der Waals surface area contributed by atoms with Crippen molar-refractivity contribution in [1.29, 1.82) is 0 Å². The zero-order chi connectivity index (χ0) is 13.7. The Labute approximate surface area is 127 Å². The molecule has 0 aliphatic rings. The van der Waals surface area contributed by atoms with Gasteiger partial charge in [0.1, 0.15) is 10.8 Å². The van der Waals surface area contributed by atoms with E-state index in [1.165, 1.54) is 11.3 Å². The number of carbonyl (C=O) groups excluding carboxylic acids is 1. The van der Waals surface area contributed by atoms with Crippen molar-refractivity contribution in [1.82, 2.24) is 15.5 Å². The molecule has 2 aromatic rings. The first-order valence-electron chi connectivity index (χ1n) is 5.65. The fourth-order valence-electron chi connectivity index (χ4n) is 1.45. The van der Waals surface area contributed by atoms with Gasteiger partial charge in [0.15, 0.2) is 0 Å². The molecule has 0 saturated carbocycles. The average molecular weight is 315 g/mol. The molecule has 0 aliphatic carbocycles. The molecule has 0 unspecified atom stereocenters. The number of hydrogen-bond acceptors (Lipinski definition) is 6. The Balaban J connectivity index is 0.00000200. The van der Waals surface area contributed by atoms with Gasteiger partial charge in [0.25, 0.3) is 0 Å². The zero-order valence-corrected chi connectivity index (χ0v) is 12.7. The van der Waals surface area contributed by atoms with Crippen LogP contribution in [0.2, 0.25) is 0 Å². The largest absolute Gasteiger partial charge is 0.497 e. The Morgan fingerprint density at radius 1 is 1.30 bits per heavy atom. The Bertz CT molecular complexity index is 559. The van der Waals surface area contributed by atoms with Crippen LogP contribution in [0.1, 0.15) is 0 Å². The van der Waals surface area contributed by atoms with Crippen molar-refractivity contribution in [2.24, 2.45) is 0 Å². The molecule has 6 nitrogen and oxygen atoms in total. The van der Waals surface area contributed by atoms with Gasteiger partial charge in [-0.05, 0) is 31.3 Å². The number of hydrogen-bond donors (Lipinski definition) is 2. The molecule has 0 radical (unpaired) electrons. The summed E-state index contributed by atoms with van der Waals surface area (Å²) in [6, 6.07) is 7.52. The van der Waals surface area contributed by atoms with E-state index in [-0.39, 0.29) is 24.9 Å². The van der Waals surface area contributed by atoms with Crippen LogP contribution < -0.4 is 15.4 Å². The van der Waals surface area contributed by atoms with Gasteiger partial charge < -0.3 is 10.1 Å². The van der Waals surface area contributed by atoms with Crippen molar-refractivity contribution in [2.75, 3.05) is 26.0 Å². The average Bonchev–Trinajstić information content (AvgIpc) is 2.87. The van der Waals surface area contributed by atoms with E-state index < -0.39 is 0 Å². The standard InChI is InChI=1S/C12H14N4O2S.ClH/c1-13-7-10(17)14-12-16-15-11(19-12)8-3-5-9(18-2)6-4-8;/h3-6,13H,7H2,1-2H3,(H,14,16,17);1H. The topological polar surface area (TPSA) is 76.1 Å². The molecular weight excluding hydrogens is 300 g/mol. The maximum atomic E-state index is 11.4. The van der Waals surface area contributed by atoms with Crippen LogP contribution in [0.25, 0.3) is 10.6 Å². The van der Waals surface area contributed by atoms with Crippen LogP contribution in [0.4, 0.5) is 5.13 Å². The summed E-state index contributed by atoms with van der Waals surface area (Å²) in [5.74, 6) is 0.649. The Morgan fingerprint density at radius 3 is 2.60 bits per heavy atom. The lowest BCUT2D eigenvalue weighted by atomic mass is 10.2. The van der Waals surface area contributed by atoms with Gasteiger partial charge in [-0.3, -0.25) is 10.1 Å². The number of ether oxygens (including phenoxy) is 1. The predicted octanol–water partition coefficient (Wildman–Crippen LogP) is 1.79. The Hall–Kier alpha value is -1.70. The third kappa shape index (κ3) is 4.16. The lowest BCUT2D eigenvalue weighted by Crippen LogP contribution is -2.24. The minimum Gasteiger partial charge on any atom is -0.497 e. The molecule has 0 fully saturated rings. The predicted molar refractivity (Wildman–Crippen MR) is 81.7 cm³/mol. The summed E-state index contributed by atoms with van der Waals surface area (Å²) in [6.07, 6.45) is 0. The van der Waals surface area contributed by atoms with Gasteiger partial charge in [0.05, 0.1) is 13.7 Å². The van der Waals surface area contributed by atoms with Gasteiger partial charge in [0, 0.05) is 5.56 Å². The van der Waals surface area contributed by atoms with Gasteiger partial charge >= 0.3 is 0 Å². The number of carbonyl (C=O) groups is 1. The minimum absolute atomic E-state index is 0. The van der Waals surface area contributed by atoms with Crippen molar-refractivity contribution >= 4 is 34.8 Å². The molecule has 2 N–H and O–H groups in total. The number of benzene rings is 1. The number of nitrogens with zero attached hydrogens (tertiary/aromatic N) is 2. The van der Waals surface area contributed by atoms with E-state index in [1.807, 2.05) is 24.3 Å². The van der Waals surface area contributed by atoms with E-state index >= 15 is 0 Å². The minimum atomic E-state index is -0.139. The fraction of sp³-hybridized carbons (Fsp3) is 0.250. The quantitative estimate of drug-likeness (QED) is 0.880. The SMILES string of the molecule is CNCC(=O)Nc1nnc(-c2ccc(OC)cc2)s1.Cl. The number of amides is 1. The van der Waals surface area contributed by atoms with Crippen LogP contribution in [0.15, 0.2) is 24.3 Å². The number of nitrogens with one attached hydrogen (secondary N) is 2. The molecule has 0 aliphatic heterocycles. The molecule has 0 bridgehead atoms. The molecule has 2 rings (SSSR count). The van der Waals surface area contributed by atoms with Crippen LogP contribution in [-0.2, 0) is 4.79 Å². The van der Waals surface area contributed by atoms with E-state index in [4.69, 9.17) is 4.74 Å². The monoisotopic (exact) mass is 314 g/mol. The highest BCUT2D eigenvalue weighted by Gasteiger charge is 2.09. The van der Waals surface area contributed by atoms with Crippen LogP contribution in [0, 0.1) is 0 Å². The summed E-state index contributed by atoms with van der Waals surface area (Å²) < 4.78 is 5.09. The van der Waals surface area contributed by atoms with Crippen LogP contribution in [0.3, 0.4) is 0 Å². The van der Waals surface area contributed by atoms with Crippen LogP contribution in [0.5, 0.6) is 5.75 Å². The fourth-order valence-corrected chi connectivity index (χ4v) is 2.21. The molecule has 1 amide bonds. The van der Waals surface area contributed by atoms with Crippen molar-refractivity contribution in [3.63, 3.8) is 0 Å². The van der Waals surface area contributed by atoms with Crippen molar-refractivity contribution in [2.45, 2.75) is 0 Å². The molecule has 1 heterocycles. The number of aromatic nitrogens is 2. The molecule has 1 aromatic carbocycles. The molecule has 8 heteroatoms. The maximum absolute atomic E-state index is 11.4. The second-order valence-electron chi connectivity index (χ2n) is 3.72. The van der Waals surface area contributed by atoms with Gasteiger partial charge in [-0.15, -0.1) is 22.6 Å². The maximum Gasteiger partial charge on any atom is 0.240 e. The van der Waals surface area contributed by atoms with Crippen molar-refractivity contribution < 1.29 is 9.53 Å². The first-order chi connectivity index (χ1) is 9.22. The number of anilines is 1. The highest BCUT2D eigenvalue weighted by Crippen LogP contribution is 2.27. The van der Waals surface area contributed by atoms with Gasteiger partial charge in [0.2, 0.25) is 11.0 Å². The van der Waals surface area contributed by atoms with Crippen molar-refractivity contribution in [3.8, 4) is 16.3 Å². The van der Waals surface area contributed by atoms with E-state index in [1.54, 1.807) is 14.2 Å². The first kappa shape index (κ1) is 16.4. The summed E-state index contributed by atoms with van der Waals surface area (Å²) in [5.41, 5.74) is 0.937. The molecule has 0 atom stereocenters. The van der Waals surface area contributed by atoms with Crippen LogP contribution in [-0.4, -0.2) is 36.8 Å².